The normalized spacial score (nSPS) is 13.3. The van der Waals surface area contributed by atoms with Crippen LogP contribution in [0.2, 0.25) is 0 Å². The second-order valence-corrected chi connectivity index (χ2v) is 2.05. The second kappa shape index (κ2) is 4.29. The summed E-state index contributed by atoms with van der Waals surface area (Å²) in [6.07, 6.45) is 2.75. The topological polar surface area (TPSA) is 61.1 Å². The van der Waals surface area contributed by atoms with Crippen LogP contribution < -0.4 is 0 Å². The lowest BCUT2D eigenvalue weighted by atomic mass is 10.1. The van der Waals surface area contributed by atoms with Crippen molar-refractivity contribution in [2.24, 2.45) is 5.92 Å². The molecule has 0 aliphatic heterocycles. The van der Waals surface area contributed by atoms with Crippen LogP contribution in [0.15, 0.2) is 24.3 Å². The Morgan fingerprint density at radius 1 is 1.82 bits per heavy atom. The van der Waals surface area contributed by atoms with E-state index < -0.39 is 11.9 Å². The third-order valence-electron chi connectivity index (χ3n) is 1.17. The van der Waals surface area contributed by atoms with Gasteiger partial charge >= 0.3 is 5.97 Å². The molecule has 1 N–H and O–H groups in total. The first kappa shape index (κ1) is 9.44. The van der Waals surface area contributed by atoms with Crippen molar-refractivity contribution in [3.05, 3.63) is 24.3 Å². The van der Waals surface area contributed by atoms with Crippen LogP contribution in [0.25, 0.3) is 0 Å². The predicted octanol–water partition coefficient (Wildman–Crippen LogP) is 1.34. The van der Waals surface area contributed by atoms with Gasteiger partial charge in [0.1, 0.15) is 0 Å². The monoisotopic (exact) mass is 151 g/mol. The van der Waals surface area contributed by atoms with Crippen molar-refractivity contribution < 1.29 is 9.90 Å². The standard InChI is InChI=1S/C8H9NO2/c1-3-7(5-9)4-6(2)8(10)11/h3-4,7H,1H2,2H3,(H,10,11). The van der Waals surface area contributed by atoms with Crippen LogP contribution in [0, 0.1) is 17.2 Å². The molecule has 0 radical (unpaired) electrons. The zero-order valence-electron chi connectivity index (χ0n) is 6.24. The summed E-state index contributed by atoms with van der Waals surface area (Å²) in [5.41, 5.74) is 0.163. The summed E-state index contributed by atoms with van der Waals surface area (Å²) in [6.45, 7) is 4.82. The highest BCUT2D eigenvalue weighted by molar-refractivity contribution is 5.85. The lowest BCUT2D eigenvalue weighted by Gasteiger charge is -1.94. The van der Waals surface area contributed by atoms with Gasteiger partial charge in [0.15, 0.2) is 0 Å². The van der Waals surface area contributed by atoms with Crippen LogP contribution in [0.3, 0.4) is 0 Å². The molecule has 0 fully saturated rings. The molecule has 0 heterocycles. The fourth-order valence-corrected chi connectivity index (χ4v) is 0.499. The summed E-state index contributed by atoms with van der Waals surface area (Å²) in [5, 5.41) is 16.8. The molecule has 0 spiro atoms. The third kappa shape index (κ3) is 3.21. The van der Waals surface area contributed by atoms with Crippen molar-refractivity contribution in [2.45, 2.75) is 6.92 Å². The van der Waals surface area contributed by atoms with Gasteiger partial charge in [-0.2, -0.15) is 5.26 Å². The Morgan fingerprint density at radius 3 is 2.64 bits per heavy atom. The largest absolute Gasteiger partial charge is 0.478 e. The highest BCUT2D eigenvalue weighted by atomic mass is 16.4. The zero-order valence-corrected chi connectivity index (χ0v) is 6.24. The van der Waals surface area contributed by atoms with Crippen molar-refractivity contribution in [3.63, 3.8) is 0 Å². The van der Waals surface area contributed by atoms with E-state index in [0.717, 1.165) is 0 Å². The number of rotatable bonds is 3. The molecule has 0 aliphatic carbocycles. The summed E-state index contributed by atoms with van der Waals surface area (Å²) in [7, 11) is 0. The summed E-state index contributed by atoms with van der Waals surface area (Å²) in [5.74, 6) is -1.52. The fourth-order valence-electron chi connectivity index (χ4n) is 0.499. The molecular formula is C8H9NO2. The van der Waals surface area contributed by atoms with Gasteiger partial charge in [0.05, 0.1) is 12.0 Å². The van der Waals surface area contributed by atoms with Gasteiger partial charge in [-0.3, -0.25) is 0 Å². The maximum absolute atomic E-state index is 10.3. The van der Waals surface area contributed by atoms with E-state index in [9.17, 15) is 4.79 Å². The Morgan fingerprint density at radius 2 is 2.36 bits per heavy atom. The maximum Gasteiger partial charge on any atom is 0.330 e. The molecule has 0 bridgehead atoms. The quantitative estimate of drug-likeness (QED) is 0.489. The minimum absolute atomic E-state index is 0.163. The molecule has 0 aromatic heterocycles. The molecule has 0 aromatic carbocycles. The van der Waals surface area contributed by atoms with Gasteiger partial charge in [-0.1, -0.05) is 12.2 Å². The number of hydrogen-bond acceptors (Lipinski definition) is 2. The van der Waals surface area contributed by atoms with E-state index >= 15 is 0 Å². The van der Waals surface area contributed by atoms with Gasteiger partial charge in [0.2, 0.25) is 0 Å². The number of carboxylic acids is 1. The van der Waals surface area contributed by atoms with E-state index in [4.69, 9.17) is 10.4 Å². The molecule has 0 saturated carbocycles. The average molecular weight is 151 g/mol. The Balaban J connectivity index is 4.42. The lowest BCUT2D eigenvalue weighted by molar-refractivity contribution is -0.132. The van der Waals surface area contributed by atoms with E-state index in [2.05, 4.69) is 6.58 Å². The number of carbonyl (C=O) groups is 1. The Hall–Kier alpha value is -1.56. The van der Waals surface area contributed by atoms with Crippen molar-refractivity contribution >= 4 is 5.97 Å². The number of hydrogen-bond donors (Lipinski definition) is 1. The predicted molar refractivity (Wildman–Crippen MR) is 40.7 cm³/mol. The van der Waals surface area contributed by atoms with Crippen molar-refractivity contribution in [1.82, 2.24) is 0 Å². The third-order valence-corrected chi connectivity index (χ3v) is 1.17. The Labute approximate surface area is 65.3 Å². The summed E-state index contributed by atoms with van der Waals surface area (Å²) in [6, 6.07) is 1.88. The summed E-state index contributed by atoms with van der Waals surface area (Å²) >= 11 is 0. The smallest absolute Gasteiger partial charge is 0.330 e. The molecule has 0 aromatic rings. The number of carboxylic acid groups (broad SMARTS) is 1. The second-order valence-electron chi connectivity index (χ2n) is 2.05. The minimum Gasteiger partial charge on any atom is -0.478 e. The molecule has 3 heteroatoms. The van der Waals surface area contributed by atoms with Gasteiger partial charge in [0.25, 0.3) is 0 Å². The fraction of sp³-hybridized carbons (Fsp3) is 0.250. The highest BCUT2D eigenvalue weighted by Gasteiger charge is 2.03. The van der Waals surface area contributed by atoms with Gasteiger partial charge in [-0.25, -0.2) is 4.79 Å². The van der Waals surface area contributed by atoms with E-state index in [0.29, 0.717) is 0 Å². The van der Waals surface area contributed by atoms with Crippen LogP contribution in [-0.4, -0.2) is 11.1 Å². The average Bonchev–Trinajstić information content (AvgIpc) is 1.99. The number of nitrogens with zero attached hydrogens (tertiary/aromatic N) is 1. The van der Waals surface area contributed by atoms with Gasteiger partial charge in [-0.05, 0) is 6.92 Å². The zero-order chi connectivity index (χ0) is 8.85. The maximum atomic E-state index is 10.3. The molecule has 1 atom stereocenters. The van der Waals surface area contributed by atoms with Crippen molar-refractivity contribution in [3.8, 4) is 6.07 Å². The lowest BCUT2D eigenvalue weighted by Crippen LogP contribution is -1.98. The molecule has 0 saturated heterocycles. The van der Waals surface area contributed by atoms with Gasteiger partial charge < -0.3 is 5.11 Å². The number of allylic oxidation sites excluding steroid dienone is 2. The van der Waals surface area contributed by atoms with Crippen molar-refractivity contribution in [2.75, 3.05) is 0 Å². The van der Waals surface area contributed by atoms with Gasteiger partial charge in [0, 0.05) is 5.57 Å². The molecule has 0 aliphatic rings. The van der Waals surface area contributed by atoms with Crippen LogP contribution >= 0.6 is 0 Å². The molecule has 58 valence electrons. The summed E-state index contributed by atoms with van der Waals surface area (Å²) < 4.78 is 0. The van der Waals surface area contributed by atoms with E-state index in [1.54, 1.807) is 0 Å². The molecule has 0 rings (SSSR count). The molecule has 11 heavy (non-hydrogen) atoms. The Bertz CT molecular complexity index is 235. The Kier molecular flexibility index (Phi) is 3.68. The van der Waals surface area contributed by atoms with Crippen LogP contribution in [0.1, 0.15) is 6.92 Å². The van der Waals surface area contributed by atoms with Crippen LogP contribution in [-0.2, 0) is 4.79 Å². The first-order valence-corrected chi connectivity index (χ1v) is 3.05. The first-order chi connectivity index (χ1) is 5.11. The first-order valence-electron chi connectivity index (χ1n) is 3.05. The molecule has 3 nitrogen and oxygen atoms in total. The van der Waals surface area contributed by atoms with E-state index in [1.165, 1.54) is 19.1 Å². The summed E-state index contributed by atoms with van der Waals surface area (Å²) in [4.78, 5) is 10.3. The van der Waals surface area contributed by atoms with Crippen molar-refractivity contribution in [1.29, 1.82) is 5.26 Å². The number of aliphatic carboxylic acids is 1. The molecular weight excluding hydrogens is 142 g/mol. The SMILES string of the molecule is C=CC(C#N)C=C(C)C(=O)O. The molecule has 1 unspecified atom stereocenters. The molecule has 0 amide bonds. The van der Waals surface area contributed by atoms with E-state index in [-0.39, 0.29) is 5.57 Å². The van der Waals surface area contributed by atoms with Gasteiger partial charge in [-0.15, -0.1) is 6.58 Å². The van der Waals surface area contributed by atoms with Crippen LogP contribution in [0.5, 0.6) is 0 Å². The van der Waals surface area contributed by atoms with Crippen LogP contribution in [0.4, 0.5) is 0 Å². The number of nitriles is 1. The minimum atomic E-state index is -1.01. The highest BCUT2D eigenvalue weighted by Crippen LogP contribution is 2.03. The van der Waals surface area contributed by atoms with E-state index in [1.807, 2.05) is 6.07 Å².